The van der Waals surface area contributed by atoms with Crippen molar-refractivity contribution in [3.05, 3.63) is 62.8 Å². The lowest BCUT2D eigenvalue weighted by Crippen LogP contribution is -2.38. The number of Topliss-reactive ketones (excluding diaryl/α,β-unsaturated/α-hetero) is 1. The first-order chi connectivity index (χ1) is 12.7. The first-order valence-corrected chi connectivity index (χ1v) is 9.69. The van der Waals surface area contributed by atoms with Crippen molar-refractivity contribution < 1.29 is 14.6 Å². The van der Waals surface area contributed by atoms with Gasteiger partial charge in [0.25, 0.3) is 0 Å². The van der Waals surface area contributed by atoms with Gasteiger partial charge in [0.2, 0.25) is 0 Å². The minimum atomic E-state index is -0.772. The van der Waals surface area contributed by atoms with Crippen LogP contribution in [-0.4, -0.2) is 22.6 Å². The van der Waals surface area contributed by atoms with Gasteiger partial charge in [-0.05, 0) is 79.6 Å². The number of fused-ring (bicyclic) bond motifs is 2. The first-order valence-electron chi connectivity index (χ1n) is 8.93. The molecule has 0 aromatic heterocycles. The van der Waals surface area contributed by atoms with E-state index < -0.39 is 11.7 Å². The molecule has 1 fully saturated rings. The highest BCUT2D eigenvalue weighted by Gasteiger charge is 2.50. The van der Waals surface area contributed by atoms with Crippen molar-refractivity contribution in [3.63, 3.8) is 0 Å². The zero-order valence-corrected chi connectivity index (χ0v) is 16.9. The molecule has 140 valence electrons. The Morgan fingerprint density at radius 3 is 2.19 bits per heavy atom. The van der Waals surface area contributed by atoms with Crippen molar-refractivity contribution in [2.24, 2.45) is 0 Å². The molecule has 0 spiro atoms. The number of halogens is 2. The number of ketones is 1. The minimum Gasteiger partial charge on any atom is -0.508 e. The van der Waals surface area contributed by atoms with Gasteiger partial charge in [0.15, 0.2) is 5.78 Å². The first kappa shape index (κ1) is 18.5. The lowest BCUT2D eigenvalue weighted by atomic mass is 9.85. The quantitative estimate of drug-likeness (QED) is 0.662. The molecule has 5 heteroatoms. The van der Waals surface area contributed by atoms with E-state index in [0.29, 0.717) is 28.5 Å². The second-order valence-corrected chi connectivity index (χ2v) is 8.48. The van der Waals surface area contributed by atoms with Gasteiger partial charge in [-0.3, -0.25) is 4.79 Å². The van der Waals surface area contributed by atoms with Crippen LogP contribution < -0.4 is 0 Å². The van der Waals surface area contributed by atoms with Crippen LogP contribution >= 0.6 is 23.2 Å². The van der Waals surface area contributed by atoms with Crippen LogP contribution in [0.5, 0.6) is 0 Å². The zero-order chi connectivity index (χ0) is 19.5. The molecule has 2 heterocycles. The van der Waals surface area contributed by atoms with E-state index in [0.717, 1.165) is 27.8 Å². The number of ether oxygens (including phenoxy) is 1. The van der Waals surface area contributed by atoms with Gasteiger partial charge in [-0.15, -0.1) is 0 Å². The molecule has 2 bridgehead atoms. The van der Waals surface area contributed by atoms with E-state index in [1.165, 1.54) is 0 Å². The van der Waals surface area contributed by atoms with Gasteiger partial charge in [0.05, 0.1) is 5.57 Å². The average Bonchev–Trinajstić information content (AvgIpc) is 2.96. The number of carbonyl (C=O) groups is 1. The maximum atomic E-state index is 12.9. The van der Waals surface area contributed by atoms with E-state index in [2.05, 4.69) is 0 Å². The normalized spacial score (nSPS) is 24.6. The highest BCUT2D eigenvalue weighted by atomic mass is 35.5. The standard InChI is InChI=1S/C22H20Cl2O3/c1-11-6-13(14-8-15(23)10-16(24)9-14)7-12(2)18(11)19-20(25)17-4-5-22(3,27-17)21(19)26/h6-10,17,26H,4-5H2,1-3H3/t17-,22-/m1/s1. The number of aliphatic hydroxyl groups is 1. The van der Waals surface area contributed by atoms with Crippen LogP contribution in [0.3, 0.4) is 0 Å². The molecule has 2 aromatic carbocycles. The molecule has 0 unspecified atom stereocenters. The Labute approximate surface area is 168 Å². The molecule has 4 rings (SSSR count). The second kappa shape index (κ2) is 6.37. The van der Waals surface area contributed by atoms with Gasteiger partial charge < -0.3 is 9.84 Å². The van der Waals surface area contributed by atoms with Crippen molar-refractivity contribution in [2.75, 3.05) is 0 Å². The van der Waals surface area contributed by atoms with Crippen molar-refractivity contribution >= 4 is 34.6 Å². The summed E-state index contributed by atoms with van der Waals surface area (Å²) in [5, 5.41) is 12.0. The summed E-state index contributed by atoms with van der Waals surface area (Å²) in [6, 6.07) is 9.41. The molecule has 0 aliphatic carbocycles. The van der Waals surface area contributed by atoms with E-state index >= 15 is 0 Å². The predicted molar refractivity (Wildman–Crippen MR) is 108 cm³/mol. The largest absolute Gasteiger partial charge is 0.508 e. The summed E-state index contributed by atoms with van der Waals surface area (Å²) in [5.41, 5.74) is 4.13. The smallest absolute Gasteiger partial charge is 0.195 e. The number of carbonyl (C=O) groups excluding carboxylic acids is 1. The van der Waals surface area contributed by atoms with Gasteiger partial charge in [0, 0.05) is 10.0 Å². The van der Waals surface area contributed by atoms with E-state index in [4.69, 9.17) is 27.9 Å². The van der Waals surface area contributed by atoms with E-state index in [-0.39, 0.29) is 11.5 Å². The van der Waals surface area contributed by atoms with Crippen molar-refractivity contribution in [1.82, 2.24) is 0 Å². The number of benzene rings is 2. The topological polar surface area (TPSA) is 46.5 Å². The highest BCUT2D eigenvalue weighted by Crippen LogP contribution is 2.46. The highest BCUT2D eigenvalue weighted by molar-refractivity contribution is 6.35. The molecule has 2 atom stereocenters. The van der Waals surface area contributed by atoms with Gasteiger partial charge in [0.1, 0.15) is 17.5 Å². The average molecular weight is 403 g/mol. The minimum absolute atomic E-state index is 0.0472. The maximum absolute atomic E-state index is 12.9. The lowest BCUT2D eigenvalue weighted by molar-refractivity contribution is -0.130. The van der Waals surface area contributed by atoms with Crippen LogP contribution in [0, 0.1) is 13.8 Å². The molecular weight excluding hydrogens is 383 g/mol. The Kier molecular flexibility index (Phi) is 4.38. The molecule has 0 radical (unpaired) electrons. The molecule has 0 amide bonds. The fourth-order valence-electron chi connectivity index (χ4n) is 4.23. The number of hydrogen-bond acceptors (Lipinski definition) is 3. The van der Waals surface area contributed by atoms with Gasteiger partial charge >= 0.3 is 0 Å². The molecule has 2 aromatic rings. The summed E-state index contributed by atoms with van der Waals surface area (Å²) >= 11 is 12.3. The van der Waals surface area contributed by atoms with E-state index in [9.17, 15) is 9.90 Å². The maximum Gasteiger partial charge on any atom is 0.195 e. The van der Waals surface area contributed by atoms with E-state index in [1.807, 2.05) is 45.0 Å². The summed E-state index contributed by atoms with van der Waals surface area (Å²) in [5.74, 6) is -0.0850. The molecular formula is C22H20Cl2O3. The number of hydrogen-bond donors (Lipinski definition) is 1. The monoisotopic (exact) mass is 402 g/mol. The Hall–Kier alpha value is -1.81. The lowest BCUT2D eigenvalue weighted by Gasteiger charge is -2.31. The summed E-state index contributed by atoms with van der Waals surface area (Å²) in [7, 11) is 0. The predicted octanol–water partition coefficient (Wildman–Crippen LogP) is 6.07. The van der Waals surface area contributed by atoms with Crippen LogP contribution in [-0.2, 0) is 9.53 Å². The van der Waals surface area contributed by atoms with Crippen LogP contribution in [0.1, 0.15) is 36.5 Å². The van der Waals surface area contributed by atoms with Crippen LogP contribution in [0.2, 0.25) is 10.0 Å². The van der Waals surface area contributed by atoms with Crippen molar-refractivity contribution in [3.8, 4) is 11.1 Å². The Morgan fingerprint density at radius 2 is 1.59 bits per heavy atom. The summed E-state index contributed by atoms with van der Waals surface area (Å²) in [6.45, 7) is 5.75. The fourth-order valence-corrected chi connectivity index (χ4v) is 4.75. The SMILES string of the molecule is Cc1cc(-c2cc(Cl)cc(Cl)c2)cc(C)c1C1=C(O)[C@@]2(C)CC[C@@H](O2)C1=O. The van der Waals surface area contributed by atoms with Gasteiger partial charge in [-0.2, -0.15) is 0 Å². The number of aryl methyl sites for hydroxylation is 2. The van der Waals surface area contributed by atoms with Crippen LogP contribution in [0.25, 0.3) is 16.7 Å². The number of rotatable bonds is 2. The Balaban J connectivity index is 1.87. The number of aliphatic hydroxyl groups excluding tert-OH is 1. The summed E-state index contributed by atoms with van der Waals surface area (Å²) < 4.78 is 5.77. The van der Waals surface area contributed by atoms with Gasteiger partial charge in [-0.25, -0.2) is 0 Å². The van der Waals surface area contributed by atoms with Gasteiger partial charge in [-0.1, -0.05) is 35.3 Å². The third-order valence-corrected chi connectivity index (χ3v) is 5.98. The third-order valence-electron chi connectivity index (χ3n) is 5.54. The molecule has 0 saturated carbocycles. The summed E-state index contributed by atoms with van der Waals surface area (Å²) in [4.78, 5) is 12.9. The molecule has 2 aliphatic heterocycles. The fraction of sp³-hybridized carbons (Fsp3) is 0.318. The van der Waals surface area contributed by atoms with E-state index in [1.54, 1.807) is 6.07 Å². The van der Waals surface area contributed by atoms with Crippen LogP contribution in [0.4, 0.5) is 0 Å². The molecule has 2 aliphatic rings. The van der Waals surface area contributed by atoms with Crippen LogP contribution in [0.15, 0.2) is 36.1 Å². The molecule has 1 N–H and O–H groups in total. The van der Waals surface area contributed by atoms with Crippen molar-refractivity contribution in [2.45, 2.75) is 45.3 Å². The summed E-state index contributed by atoms with van der Waals surface area (Å²) in [6.07, 6.45) is 0.821. The molecule has 27 heavy (non-hydrogen) atoms. The zero-order valence-electron chi connectivity index (χ0n) is 15.4. The van der Waals surface area contributed by atoms with Crippen molar-refractivity contribution in [1.29, 1.82) is 0 Å². The Morgan fingerprint density at radius 1 is 1.04 bits per heavy atom. The second-order valence-electron chi connectivity index (χ2n) is 7.61. The molecule has 1 saturated heterocycles. The molecule has 3 nitrogen and oxygen atoms in total. The third kappa shape index (κ3) is 2.98. The Bertz CT molecular complexity index is 965.